The van der Waals surface area contributed by atoms with E-state index in [9.17, 15) is 14.4 Å². The van der Waals surface area contributed by atoms with Crippen molar-refractivity contribution in [2.45, 2.75) is 51.6 Å². The van der Waals surface area contributed by atoms with Crippen LogP contribution in [0.3, 0.4) is 0 Å². The molecule has 2 heterocycles. The molecule has 2 aromatic heterocycles. The molecule has 8 nitrogen and oxygen atoms in total. The summed E-state index contributed by atoms with van der Waals surface area (Å²) in [5.74, 6) is 0.0622. The standard InChI is InChI=1S/C25H27N5O3/c1-16-8-10-17(11-9-16)15-29-25(33)30-21-14-18(22(31)26-19-6-4-3-5-7-19)12-13-20(21)23(32)28(2)24(30)27-29/h8-14,19H,3-7,15H2,1-2H3,(H,26,31). The molecular weight excluding hydrogens is 418 g/mol. The number of benzene rings is 2. The Morgan fingerprint density at radius 3 is 2.52 bits per heavy atom. The molecule has 1 aliphatic carbocycles. The van der Waals surface area contributed by atoms with Gasteiger partial charge in [-0.15, -0.1) is 5.10 Å². The number of hydrogen-bond donors (Lipinski definition) is 1. The van der Waals surface area contributed by atoms with Crippen molar-refractivity contribution in [1.82, 2.24) is 24.1 Å². The third-order valence-corrected chi connectivity index (χ3v) is 6.55. The molecule has 1 N–H and O–H groups in total. The number of amides is 1. The van der Waals surface area contributed by atoms with Gasteiger partial charge in [0.1, 0.15) is 0 Å². The number of rotatable bonds is 4. The van der Waals surface area contributed by atoms with Gasteiger partial charge in [-0.2, -0.15) is 0 Å². The first-order chi connectivity index (χ1) is 15.9. The van der Waals surface area contributed by atoms with Gasteiger partial charge in [0.05, 0.1) is 17.4 Å². The van der Waals surface area contributed by atoms with Crippen LogP contribution in [0.5, 0.6) is 0 Å². The van der Waals surface area contributed by atoms with Crippen LogP contribution in [0.4, 0.5) is 0 Å². The number of nitrogens with one attached hydrogen (secondary N) is 1. The van der Waals surface area contributed by atoms with Gasteiger partial charge in [-0.05, 0) is 43.5 Å². The maximum atomic E-state index is 13.3. The summed E-state index contributed by atoms with van der Waals surface area (Å²) in [6.45, 7) is 2.29. The number of fused-ring (bicyclic) bond motifs is 3. The number of carbonyl (C=O) groups excluding carboxylic acids is 1. The average Bonchev–Trinajstić information content (AvgIpc) is 3.15. The van der Waals surface area contributed by atoms with Gasteiger partial charge in [-0.25, -0.2) is 13.9 Å². The lowest BCUT2D eigenvalue weighted by Gasteiger charge is -2.22. The van der Waals surface area contributed by atoms with Crippen molar-refractivity contribution < 1.29 is 4.79 Å². The molecule has 8 heteroatoms. The number of aromatic nitrogens is 4. The Morgan fingerprint density at radius 1 is 1.06 bits per heavy atom. The molecule has 0 unspecified atom stereocenters. The summed E-state index contributed by atoms with van der Waals surface area (Å²) < 4.78 is 4.15. The van der Waals surface area contributed by atoms with Gasteiger partial charge in [0.2, 0.25) is 5.78 Å². The lowest BCUT2D eigenvalue weighted by atomic mass is 9.95. The minimum Gasteiger partial charge on any atom is -0.349 e. The summed E-state index contributed by atoms with van der Waals surface area (Å²) in [7, 11) is 1.60. The Bertz CT molecular complexity index is 1470. The van der Waals surface area contributed by atoms with Gasteiger partial charge < -0.3 is 5.32 Å². The van der Waals surface area contributed by atoms with E-state index in [4.69, 9.17) is 0 Å². The van der Waals surface area contributed by atoms with Crippen molar-refractivity contribution in [2.24, 2.45) is 7.05 Å². The SMILES string of the molecule is Cc1ccc(Cn2nc3n(C)c(=O)c4ccc(C(=O)NC5CCCCC5)cc4n3c2=O)cc1. The number of hydrogen-bond acceptors (Lipinski definition) is 4. The summed E-state index contributed by atoms with van der Waals surface area (Å²) in [6, 6.07) is 12.9. The molecule has 170 valence electrons. The van der Waals surface area contributed by atoms with E-state index in [1.807, 2.05) is 31.2 Å². The Hall–Kier alpha value is -3.68. The quantitative estimate of drug-likeness (QED) is 0.523. The molecule has 0 bridgehead atoms. The molecule has 1 saturated carbocycles. The van der Waals surface area contributed by atoms with Crippen molar-refractivity contribution in [3.05, 3.63) is 80.0 Å². The molecular formula is C25H27N5O3. The highest BCUT2D eigenvalue weighted by Crippen LogP contribution is 2.19. The van der Waals surface area contributed by atoms with Crippen molar-refractivity contribution in [1.29, 1.82) is 0 Å². The van der Waals surface area contributed by atoms with Gasteiger partial charge >= 0.3 is 5.69 Å². The van der Waals surface area contributed by atoms with Gasteiger partial charge in [-0.3, -0.25) is 14.2 Å². The molecule has 2 aromatic carbocycles. The van der Waals surface area contributed by atoms with Crippen LogP contribution in [0.25, 0.3) is 16.7 Å². The summed E-state index contributed by atoms with van der Waals surface area (Å²) in [4.78, 5) is 39.2. The first-order valence-electron chi connectivity index (χ1n) is 11.4. The summed E-state index contributed by atoms with van der Waals surface area (Å²) in [5.41, 5.74) is 2.28. The number of aryl methyl sites for hydroxylation is 2. The van der Waals surface area contributed by atoms with Crippen LogP contribution in [0.1, 0.15) is 53.6 Å². The fourth-order valence-electron chi connectivity index (χ4n) is 4.62. The zero-order valence-corrected chi connectivity index (χ0v) is 18.9. The molecule has 1 fully saturated rings. The van der Waals surface area contributed by atoms with E-state index >= 15 is 0 Å². The zero-order valence-electron chi connectivity index (χ0n) is 18.9. The first kappa shape index (κ1) is 21.2. The predicted octanol–water partition coefficient (Wildman–Crippen LogP) is 2.77. The summed E-state index contributed by atoms with van der Waals surface area (Å²) in [5, 5.41) is 7.91. The molecule has 0 saturated heterocycles. The third kappa shape index (κ3) is 3.86. The topological polar surface area (TPSA) is 90.4 Å². The second-order valence-corrected chi connectivity index (χ2v) is 8.97. The minimum absolute atomic E-state index is 0.172. The second-order valence-electron chi connectivity index (χ2n) is 8.97. The fourth-order valence-corrected chi connectivity index (χ4v) is 4.62. The van der Waals surface area contributed by atoms with Crippen molar-refractivity contribution in [3.8, 4) is 0 Å². The molecule has 0 spiro atoms. The van der Waals surface area contributed by atoms with Crippen molar-refractivity contribution in [3.63, 3.8) is 0 Å². The molecule has 1 aliphatic rings. The number of nitrogens with zero attached hydrogens (tertiary/aromatic N) is 4. The Labute approximate surface area is 190 Å². The predicted molar refractivity (Wildman–Crippen MR) is 127 cm³/mol. The van der Waals surface area contributed by atoms with Crippen LogP contribution in [-0.4, -0.2) is 30.7 Å². The van der Waals surface area contributed by atoms with Crippen LogP contribution in [-0.2, 0) is 13.6 Å². The van der Waals surface area contributed by atoms with Crippen molar-refractivity contribution in [2.75, 3.05) is 0 Å². The molecule has 0 aliphatic heterocycles. The molecule has 5 rings (SSSR count). The van der Waals surface area contributed by atoms with Gasteiger partial charge in [0, 0.05) is 18.7 Å². The maximum absolute atomic E-state index is 13.3. The Kier molecular flexibility index (Phi) is 5.36. The van der Waals surface area contributed by atoms with Gasteiger partial charge in [-0.1, -0.05) is 49.1 Å². The highest BCUT2D eigenvalue weighted by molar-refractivity contribution is 5.98. The molecule has 1 amide bonds. The third-order valence-electron chi connectivity index (χ3n) is 6.55. The minimum atomic E-state index is -0.351. The fraction of sp³-hybridized carbons (Fsp3) is 0.360. The van der Waals surface area contributed by atoms with E-state index in [1.165, 1.54) is 20.1 Å². The van der Waals surface area contributed by atoms with Crippen LogP contribution < -0.4 is 16.6 Å². The van der Waals surface area contributed by atoms with E-state index in [1.54, 1.807) is 25.2 Å². The summed E-state index contributed by atoms with van der Waals surface area (Å²) in [6.07, 6.45) is 5.41. The zero-order chi connectivity index (χ0) is 23.1. The van der Waals surface area contributed by atoms with E-state index < -0.39 is 0 Å². The normalized spacial score (nSPS) is 14.7. The van der Waals surface area contributed by atoms with Gasteiger partial charge in [0.15, 0.2) is 0 Å². The lowest BCUT2D eigenvalue weighted by Crippen LogP contribution is -2.36. The Morgan fingerprint density at radius 2 is 1.79 bits per heavy atom. The monoisotopic (exact) mass is 445 g/mol. The highest BCUT2D eigenvalue weighted by Gasteiger charge is 2.20. The average molecular weight is 446 g/mol. The van der Waals surface area contributed by atoms with Crippen molar-refractivity contribution >= 4 is 22.6 Å². The number of carbonyl (C=O) groups is 1. The highest BCUT2D eigenvalue weighted by atomic mass is 16.2. The van der Waals surface area contributed by atoms with E-state index in [0.29, 0.717) is 23.0 Å². The Balaban J connectivity index is 1.60. The molecule has 0 radical (unpaired) electrons. The van der Waals surface area contributed by atoms with E-state index in [2.05, 4.69) is 10.4 Å². The largest absolute Gasteiger partial charge is 0.352 e. The van der Waals surface area contributed by atoms with Crippen LogP contribution >= 0.6 is 0 Å². The summed E-state index contributed by atoms with van der Waals surface area (Å²) >= 11 is 0. The van der Waals surface area contributed by atoms with E-state index in [-0.39, 0.29) is 29.0 Å². The van der Waals surface area contributed by atoms with Gasteiger partial charge in [0.25, 0.3) is 11.5 Å². The maximum Gasteiger partial charge on any atom is 0.352 e. The van der Waals surface area contributed by atoms with Crippen LogP contribution in [0, 0.1) is 6.92 Å². The smallest absolute Gasteiger partial charge is 0.349 e. The molecule has 0 atom stereocenters. The molecule has 4 aromatic rings. The lowest BCUT2D eigenvalue weighted by molar-refractivity contribution is 0.0928. The van der Waals surface area contributed by atoms with Crippen LogP contribution in [0.15, 0.2) is 52.1 Å². The van der Waals surface area contributed by atoms with Crippen LogP contribution in [0.2, 0.25) is 0 Å². The molecule has 33 heavy (non-hydrogen) atoms. The first-order valence-corrected chi connectivity index (χ1v) is 11.4. The second kappa shape index (κ2) is 8.35. The van der Waals surface area contributed by atoms with E-state index in [0.717, 1.165) is 36.8 Å².